The van der Waals surface area contributed by atoms with E-state index in [1.165, 1.54) is 6.20 Å². The number of piperazine rings is 1. The smallest absolute Gasteiger partial charge is 0.410 e. The average molecular weight is 242 g/mol. The second-order valence-electron chi connectivity index (χ2n) is 5.05. The number of carbonyl (C=O) groups is 1. The molecule has 0 aliphatic carbocycles. The number of hydrogen-bond donors (Lipinski definition) is 2. The van der Waals surface area contributed by atoms with Crippen molar-refractivity contribution < 1.29 is 9.53 Å². The molecule has 0 unspecified atom stereocenters. The van der Waals surface area contributed by atoms with Crippen molar-refractivity contribution in [3.8, 4) is 0 Å². The van der Waals surface area contributed by atoms with Crippen LogP contribution in [0.2, 0.25) is 0 Å². The molecule has 1 fully saturated rings. The third-order valence-corrected chi connectivity index (χ3v) is 2.47. The topological polar surface area (TPSA) is 84.8 Å². The summed E-state index contributed by atoms with van der Waals surface area (Å²) in [5, 5.41) is 0. The lowest BCUT2D eigenvalue weighted by molar-refractivity contribution is 0.0168. The van der Waals surface area contributed by atoms with Gasteiger partial charge in [-0.3, -0.25) is 0 Å². The van der Waals surface area contributed by atoms with Crippen LogP contribution < -0.4 is 11.5 Å². The number of nitrogens with two attached hydrogens (primary N) is 2. The summed E-state index contributed by atoms with van der Waals surface area (Å²) in [6.07, 6.45) is 1.11. The van der Waals surface area contributed by atoms with Gasteiger partial charge in [0.05, 0.1) is 0 Å². The van der Waals surface area contributed by atoms with E-state index in [9.17, 15) is 4.79 Å². The summed E-state index contributed by atoms with van der Waals surface area (Å²) in [5.41, 5.74) is 10.6. The van der Waals surface area contributed by atoms with Gasteiger partial charge in [0.2, 0.25) is 0 Å². The third kappa shape index (κ3) is 4.05. The molecule has 6 nitrogen and oxygen atoms in total. The Morgan fingerprint density at radius 3 is 2.06 bits per heavy atom. The molecule has 6 heteroatoms. The van der Waals surface area contributed by atoms with E-state index in [0.717, 1.165) is 0 Å². The molecule has 0 aromatic rings. The normalized spacial score (nSPS) is 18.2. The molecule has 17 heavy (non-hydrogen) atoms. The summed E-state index contributed by atoms with van der Waals surface area (Å²) in [5.74, 6) is 0.550. The first-order valence-corrected chi connectivity index (χ1v) is 5.74. The monoisotopic (exact) mass is 242 g/mol. The van der Waals surface area contributed by atoms with Gasteiger partial charge in [0, 0.05) is 32.4 Å². The Morgan fingerprint density at radius 1 is 1.18 bits per heavy atom. The largest absolute Gasteiger partial charge is 0.444 e. The molecule has 0 bridgehead atoms. The Hall–Kier alpha value is -1.59. The van der Waals surface area contributed by atoms with Gasteiger partial charge in [-0.05, 0) is 20.8 Å². The molecule has 0 radical (unpaired) electrons. The van der Waals surface area contributed by atoms with E-state index in [1.807, 2.05) is 25.7 Å². The lowest BCUT2D eigenvalue weighted by Crippen LogP contribution is -2.50. The molecule has 0 aromatic heterocycles. The molecule has 1 amide bonds. The van der Waals surface area contributed by atoms with Gasteiger partial charge in [-0.2, -0.15) is 0 Å². The average Bonchev–Trinajstić information content (AvgIpc) is 2.26. The molecule has 0 saturated carbocycles. The van der Waals surface area contributed by atoms with Crippen LogP contribution in [-0.4, -0.2) is 47.7 Å². The Balaban J connectivity index is 2.44. The van der Waals surface area contributed by atoms with E-state index >= 15 is 0 Å². The quantitative estimate of drug-likeness (QED) is 0.688. The van der Waals surface area contributed by atoms with Crippen molar-refractivity contribution in [3.63, 3.8) is 0 Å². The number of ether oxygens (including phenoxy) is 1. The first-order valence-electron chi connectivity index (χ1n) is 5.74. The third-order valence-electron chi connectivity index (χ3n) is 2.47. The number of hydrogen-bond acceptors (Lipinski definition) is 5. The van der Waals surface area contributed by atoms with Crippen molar-refractivity contribution in [1.29, 1.82) is 0 Å². The maximum atomic E-state index is 11.8. The highest BCUT2D eigenvalue weighted by Crippen LogP contribution is 2.12. The summed E-state index contributed by atoms with van der Waals surface area (Å²) in [6.45, 7) is 8.13. The van der Waals surface area contributed by atoms with Gasteiger partial charge in [-0.1, -0.05) is 0 Å². The molecular formula is C11H22N4O2. The molecule has 1 heterocycles. The minimum atomic E-state index is -0.454. The highest BCUT2D eigenvalue weighted by Gasteiger charge is 2.25. The van der Waals surface area contributed by atoms with Crippen molar-refractivity contribution in [1.82, 2.24) is 9.80 Å². The minimum Gasteiger partial charge on any atom is -0.444 e. The first-order chi connectivity index (χ1) is 7.83. The summed E-state index contributed by atoms with van der Waals surface area (Å²) in [4.78, 5) is 15.4. The van der Waals surface area contributed by atoms with Crippen LogP contribution in [-0.2, 0) is 4.74 Å². The van der Waals surface area contributed by atoms with Crippen LogP contribution in [0, 0.1) is 0 Å². The fourth-order valence-electron chi connectivity index (χ4n) is 1.58. The van der Waals surface area contributed by atoms with Gasteiger partial charge < -0.3 is 26.0 Å². The van der Waals surface area contributed by atoms with E-state index in [4.69, 9.17) is 16.2 Å². The fraction of sp³-hybridized carbons (Fsp3) is 0.727. The predicted octanol–water partition coefficient (Wildman–Crippen LogP) is 0.255. The van der Waals surface area contributed by atoms with Crippen molar-refractivity contribution >= 4 is 6.09 Å². The Bertz CT molecular complexity index is 301. The first kappa shape index (κ1) is 13.5. The predicted molar refractivity (Wildman–Crippen MR) is 65.8 cm³/mol. The SMILES string of the molecule is CC(C)(C)OC(=O)N1CCN(/C(N)=C\N)CC1. The van der Waals surface area contributed by atoms with E-state index < -0.39 is 5.60 Å². The van der Waals surface area contributed by atoms with E-state index in [0.29, 0.717) is 32.0 Å². The molecule has 98 valence electrons. The van der Waals surface area contributed by atoms with Crippen molar-refractivity contribution in [2.75, 3.05) is 26.2 Å². The highest BCUT2D eigenvalue weighted by atomic mass is 16.6. The maximum absolute atomic E-state index is 11.8. The maximum Gasteiger partial charge on any atom is 0.410 e. The zero-order valence-electron chi connectivity index (χ0n) is 10.8. The molecular weight excluding hydrogens is 220 g/mol. The lowest BCUT2D eigenvalue weighted by Gasteiger charge is -2.36. The van der Waals surface area contributed by atoms with Gasteiger partial charge in [0.25, 0.3) is 0 Å². The fourth-order valence-corrected chi connectivity index (χ4v) is 1.58. The number of carbonyl (C=O) groups excluding carboxylic acids is 1. The molecule has 0 aromatic carbocycles. The van der Waals surface area contributed by atoms with Gasteiger partial charge in [0.15, 0.2) is 0 Å². The van der Waals surface area contributed by atoms with Crippen molar-refractivity contribution in [2.45, 2.75) is 26.4 Å². The van der Waals surface area contributed by atoms with Crippen LogP contribution in [0.4, 0.5) is 4.79 Å². The Labute approximate surface area is 102 Å². The van der Waals surface area contributed by atoms with Gasteiger partial charge in [0.1, 0.15) is 11.4 Å². The Morgan fingerprint density at radius 2 is 1.65 bits per heavy atom. The zero-order chi connectivity index (χ0) is 13.1. The molecule has 0 spiro atoms. The molecule has 4 N–H and O–H groups in total. The lowest BCUT2D eigenvalue weighted by atomic mass is 10.2. The summed E-state index contributed by atoms with van der Waals surface area (Å²) >= 11 is 0. The standard InChI is InChI=1S/C11H22N4O2/c1-11(2,3)17-10(16)15-6-4-14(5-7-15)9(13)8-12/h8H,4-7,12-13H2,1-3H3/b9-8-. The van der Waals surface area contributed by atoms with E-state index in [1.54, 1.807) is 4.90 Å². The molecule has 1 saturated heterocycles. The summed E-state index contributed by atoms with van der Waals surface area (Å²) in [6, 6.07) is 0. The molecule has 1 aliphatic heterocycles. The number of rotatable bonds is 1. The minimum absolute atomic E-state index is 0.271. The van der Waals surface area contributed by atoms with Crippen molar-refractivity contribution in [3.05, 3.63) is 12.0 Å². The number of nitrogens with zero attached hydrogens (tertiary/aromatic N) is 2. The van der Waals surface area contributed by atoms with E-state index in [-0.39, 0.29) is 6.09 Å². The van der Waals surface area contributed by atoms with Gasteiger partial charge >= 0.3 is 6.09 Å². The van der Waals surface area contributed by atoms with Crippen LogP contribution in [0.1, 0.15) is 20.8 Å². The summed E-state index contributed by atoms with van der Waals surface area (Å²) in [7, 11) is 0. The van der Waals surface area contributed by atoms with Crippen LogP contribution in [0.3, 0.4) is 0 Å². The highest BCUT2D eigenvalue weighted by molar-refractivity contribution is 5.68. The van der Waals surface area contributed by atoms with Crippen LogP contribution in [0.5, 0.6) is 0 Å². The van der Waals surface area contributed by atoms with Crippen molar-refractivity contribution in [2.24, 2.45) is 11.5 Å². The molecule has 1 aliphatic rings. The van der Waals surface area contributed by atoms with Gasteiger partial charge in [-0.25, -0.2) is 4.79 Å². The molecule has 0 atom stereocenters. The van der Waals surface area contributed by atoms with Crippen LogP contribution >= 0.6 is 0 Å². The summed E-state index contributed by atoms with van der Waals surface area (Å²) < 4.78 is 5.30. The second-order valence-corrected chi connectivity index (χ2v) is 5.05. The second kappa shape index (κ2) is 5.16. The van der Waals surface area contributed by atoms with E-state index in [2.05, 4.69) is 0 Å². The van der Waals surface area contributed by atoms with Crippen LogP contribution in [0.15, 0.2) is 12.0 Å². The van der Waals surface area contributed by atoms with Gasteiger partial charge in [-0.15, -0.1) is 0 Å². The number of amides is 1. The zero-order valence-corrected chi connectivity index (χ0v) is 10.8. The van der Waals surface area contributed by atoms with Crippen LogP contribution in [0.25, 0.3) is 0 Å². The Kier molecular flexibility index (Phi) is 4.09. The molecule has 1 rings (SSSR count).